The Balaban J connectivity index is 2.13. The molecule has 106 valence electrons. The third kappa shape index (κ3) is 7.15. The van der Waals surface area contributed by atoms with Crippen molar-refractivity contribution in [2.75, 3.05) is 0 Å². The minimum absolute atomic E-state index is 0.924. The van der Waals surface area contributed by atoms with Crippen molar-refractivity contribution in [3.05, 3.63) is 42.7 Å². The average molecular weight is 260 g/mol. The normalized spacial score (nSPS) is 10.6. The Morgan fingerprint density at radius 1 is 1.00 bits per heavy atom. The van der Waals surface area contributed by atoms with E-state index in [9.17, 15) is 0 Å². The Morgan fingerprint density at radius 3 is 2.37 bits per heavy atom. The summed E-state index contributed by atoms with van der Waals surface area (Å²) in [5, 5.41) is 0. The molecule has 0 radical (unpaired) electrons. The smallest absolute Gasteiger partial charge is 0.181 e. The first-order chi connectivity index (χ1) is 9.38. The summed E-state index contributed by atoms with van der Waals surface area (Å²) in [5.74, 6) is 0. The van der Waals surface area contributed by atoms with Crippen LogP contribution in [0.4, 0.5) is 0 Å². The van der Waals surface area contributed by atoms with Crippen LogP contribution in [0.15, 0.2) is 37.1 Å². The van der Waals surface area contributed by atoms with Crippen LogP contribution in [0.25, 0.3) is 0 Å². The third-order valence-electron chi connectivity index (χ3n) is 3.65. The van der Waals surface area contributed by atoms with Gasteiger partial charge < -0.3 is 0 Å². The van der Waals surface area contributed by atoms with Crippen LogP contribution in [0.2, 0.25) is 0 Å². The van der Waals surface area contributed by atoms with Gasteiger partial charge in [-0.25, -0.2) is 0 Å². The highest BCUT2D eigenvalue weighted by Crippen LogP contribution is 2.10. The van der Waals surface area contributed by atoms with Crippen LogP contribution in [0.3, 0.4) is 0 Å². The highest BCUT2D eigenvalue weighted by atomic mass is 14.9. The summed E-state index contributed by atoms with van der Waals surface area (Å²) in [7, 11) is 0. The molecule has 1 aromatic heterocycles. The highest BCUT2D eigenvalue weighted by Gasteiger charge is 2.06. The summed E-state index contributed by atoms with van der Waals surface area (Å²) in [5.41, 5.74) is 1.44. The van der Waals surface area contributed by atoms with Crippen LogP contribution in [-0.4, -0.2) is 0 Å². The van der Waals surface area contributed by atoms with Gasteiger partial charge in [-0.2, -0.15) is 4.57 Å². The van der Waals surface area contributed by atoms with Crippen molar-refractivity contribution in [3.63, 3.8) is 0 Å². The molecular formula is C18H30N+. The van der Waals surface area contributed by atoms with E-state index in [0.717, 1.165) is 6.54 Å². The number of aromatic nitrogens is 1. The molecule has 0 amide bonds. The van der Waals surface area contributed by atoms with Gasteiger partial charge in [0.1, 0.15) is 0 Å². The molecule has 1 heteroatoms. The van der Waals surface area contributed by atoms with E-state index < -0.39 is 0 Å². The average Bonchev–Trinajstić information content (AvgIpc) is 2.44. The van der Waals surface area contributed by atoms with Crippen molar-refractivity contribution in [1.29, 1.82) is 0 Å². The summed E-state index contributed by atoms with van der Waals surface area (Å²) in [6.45, 7) is 7.02. The fourth-order valence-corrected chi connectivity index (χ4v) is 2.50. The van der Waals surface area contributed by atoms with Gasteiger partial charge in [-0.05, 0) is 12.5 Å². The maximum Gasteiger partial charge on any atom is 0.181 e. The minimum atomic E-state index is 0.924. The quantitative estimate of drug-likeness (QED) is 0.304. The van der Waals surface area contributed by atoms with Crippen molar-refractivity contribution < 1.29 is 4.57 Å². The predicted molar refractivity (Wildman–Crippen MR) is 83.1 cm³/mol. The lowest BCUT2D eigenvalue weighted by atomic mass is 10.1. The van der Waals surface area contributed by atoms with Crippen molar-refractivity contribution >= 4 is 0 Å². The topological polar surface area (TPSA) is 3.88 Å². The standard InChI is InChI=1S/C18H30N/c1-3-5-6-7-8-9-10-11-14-18-15-12-13-17-19(18)16-4-2/h4,12-13,15,17H,2-3,5-11,14,16H2,1H3/q+1. The van der Waals surface area contributed by atoms with E-state index in [1.165, 1.54) is 63.5 Å². The van der Waals surface area contributed by atoms with Gasteiger partial charge in [-0.1, -0.05) is 64.5 Å². The molecule has 0 bridgehead atoms. The van der Waals surface area contributed by atoms with E-state index in [4.69, 9.17) is 0 Å². The first-order valence-corrected chi connectivity index (χ1v) is 7.96. The second-order valence-corrected chi connectivity index (χ2v) is 5.36. The molecule has 0 aliphatic rings. The van der Waals surface area contributed by atoms with E-state index in [1.807, 2.05) is 6.08 Å². The van der Waals surface area contributed by atoms with Gasteiger partial charge in [-0.15, -0.1) is 0 Å². The van der Waals surface area contributed by atoms with Crippen molar-refractivity contribution in [2.24, 2.45) is 0 Å². The lowest BCUT2D eigenvalue weighted by molar-refractivity contribution is -0.694. The largest absolute Gasteiger partial charge is 0.199 e. The van der Waals surface area contributed by atoms with Gasteiger partial charge in [0, 0.05) is 18.6 Å². The molecule has 0 unspecified atom stereocenters. The van der Waals surface area contributed by atoms with Gasteiger partial charge in [-0.3, -0.25) is 0 Å². The molecule has 0 aliphatic heterocycles. The number of hydrogen-bond donors (Lipinski definition) is 0. The van der Waals surface area contributed by atoms with E-state index in [0.29, 0.717) is 0 Å². The van der Waals surface area contributed by atoms with Crippen LogP contribution >= 0.6 is 0 Å². The Hall–Kier alpha value is -1.11. The first-order valence-electron chi connectivity index (χ1n) is 7.96. The predicted octanol–water partition coefficient (Wildman–Crippen LogP) is 4.84. The SMILES string of the molecule is C=CC[n+]1ccccc1CCCCCCCCCC. The molecule has 1 heterocycles. The van der Waals surface area contributed by atoms with Gasteiger partial charge in [0.25, 0.3) is 0 Å². The highest BCUT2D eigenvalue weighted by molar-refractivity contribution is 4.97. The Bertz CT molecular complexity index is 343. The van der Waals surface area contributed by atoms with E-state index in [2.05, 4.69) is 42.5 Å². The summed E-state index contributed by atoms with van der Waals surface area (Å²) in [4.78, 5) is 0. The molecule has 0 N–H and O–H groups in total. The number of rotatable bonds is 11. The zero-order chi connectivity index (χ0) is 13.8. The minimum Gasteiger partial charge on any atom is -0.199 e. The number of hydrogen-bond acceptors (Lipinski definition) is 0. The van der Waals surface area contributed by atoms with Crippen LogP contribution in [0.1, 0.15) is 64.0 Å². The second kappa shape index (κ2) is 10.8. The molecule has 0 atom stereocenters. The molecule has 0 fully saturated rings. The molecule has 1 aromatic rings. The number of allylic oxidation sites excluding steroid dienone is 1. The lowest BCUT2D eigenvalue weighted by Gasteiger charge is -2.03. The van der Waals surface area contributed by atoms with Crippen LogP contribution in [0.5, 0.6) is 0 Å². The number of pyridine rings is 1. The first kappa shape index (κ1) is 15.9. The second-order valence-electron chi connectivity index (χ2n) is 5.36. The van der Waals surface area contributed by atoms with E-state index in [1.54, 1.807) is 0 Å². The monoisotopic (exact) mass is 260 g/mol. The molecule has 0 aromatic carbocycles. The maximum atomic E-state index is 3.82. The Kier molecular flexibility index (Phi) is 9.05. The molecule has 0 aliphatic carbocycles. The van der Waals surface area contributed by atoms with Gasteiger partial charge >= 0.3 is 0 Å². The summed E-state index contributed by atoms with van der Waals surface area (Å²) in [6.07, 6.45) is 16.4. The lowest BCUT2D eigenvalue weighted by Crippen LogP contribution is -2.36. The van der Waals surface area contributed by atoms with Gasteiger partial charge in [0.2, 0.25) is 0 Å². The number of unbranched alkanes of at least 4 members (excludes halogenated alkanes) is 7. The van der Waals surface area contributed by atoms with Crippen molar-refractivity contribution in [2.45, 2.75) is 71.3 Å². The molecule has 0 saturated heterocycles. The zero-order valence-corrected chi connectivity index (χ0v) is 12.6. The molecule has 19 heavy (non-hydrogen) atoms. The zero-order valence-electron chi connectivity index (χ0n) is 12.6. The summed E-state index contributed by atoms with van der Waals surface area (Å²) in [6, 6.07) is 6.48. The van der Waals surface area contributed by atoms with Crippen molar-refractivity contribution in [3.8, 4) is 0 Å². The Morgan fingerprint density at radius 2 is 1.68 bits per heavy atom. The van der Waals surface area contributed by atoms with E-state index in [-0.39, 0.29) is 0 Å². The molecule has 0 spiro atoms. The number of nitrogens with zero attached hydrogens (tertiary/aromatic N) is 1. The fourth-order valence-electron chi connectivity index (χ4n) is 2.50. The van der Waals surface area contributed by atoms with Crippen LogP contribution in [-0.2, 0) is 13.0 Å². The van der Waals surface area contributed by atoms with Crippen LogP contribution in [0, 0.1) is 0 Å². The third-order valence-corrected chi connectivity index (χ3v) is 3.65. The maximum absolute atomic E-state index is 3.82. The molecular weight excluding hydrogens is 230 g/mol. The molecule has 1 nitrogen and oxygen atoms in total. The van der Waals surface area contributed by atoms with Crippen LogP contribution < -0.4 is 4.57 Å². The van der Waals surface area contributed by atoms with Gasteiger partial charge in [0.05, 0.1) is 0 Å². The summed E-state index contributed by atoms with van der Waals surface area (Å²) < 4.78 is 2.30. The fraction of sp³-hybridized carbons (Fsp3) is 0.611. The summed E-state index contributed by atoms with van der Waals surface area (Å²) >= 11 is 0. The number of aryl methyl sites for hydroxylation is 1. The Labute approximate surface area is 119 Å². The van der Waals surface area contributed by atoms with Crippen molar-refractivity contribution in [1.82, 2.24) is 0 Å². The molecule has 0 saturated carbocycles. The molecule has 1 rings (SSSR count). The van der Waals surface area contributed by atoms with E-state index >= 15 is 0 Å². The van der Waals surface area contributed by atoms with Gasteiger partial charge in [0.15, 0.2) is 18.4 Å².